The molecule has 0 bridgehead atoms. The first kappa shape index (κ1) is 13.2. The van der Waals surface area contributed by atoms with E-state index in [9.17, 15) is 0 Å². The highest BCUT2D eigenvalue weighted by molar-refractivity contribution is 5.22. The fraction of sp³-hybridized carbons (Fsp3) is 0.571. The van der Waals surface area contributed by atoms with Crippen molar-refractivity contribution in [3.8, 4) is 0 Å². The first-order valence-corrected chi connectivity index (χ1v) is 6.08. The summed E-state index contributed by atoms with van der Waals surface area (Å²) in [5.74, 6) is 0. The average molecular weight is 221 g/mol. The van der Waals surface area contributed by atoms with Crippen molar-refractivity contribution in [2.45, 2.75) is 45.7 Å². The van der Waals surface area contributed by atoms with E-state index in [0.717, 1.165) is 12.8 Å². The minimum Gasteiger partial charge on any atom is -0.395 e. The molecular formula is C14H23NO. The number of aliphatic hydroxyl groups excluding tert-OH is 1. The van der Waals surface area contributed by atoms with E-state index in [0.29, 0.717) is 6.04 Å². The van der Waals surface area contributed by atoms with E-state index in [1.807, 2.05) is 6.92 Å². The Morgan fingerprint density at radius 2 is 1.88 bits per heavy atom. The number of hydrogen-bond acceptors (Lipinski definition) is 2. The van der Waals surface area contributed by atoms with E-state index < -0.39 is 0 Å². The monoisotopic (exact) mass is 221 g/mol. The van der Waals surface area contributed by atoms with Crippen LogP contribution in [-0.2, 0) is 6.42 Å². The van der Waals surface area contributed by atoms with Crippen LogP contribution in [0.5, 0.6) is 0 Å². The summed E-state index contributed by atoms with van der Waals surface area (Å²) in [6.45, 7) is 6.49. The third kappa shape index (κ3) is 4.33. The zero-order valence-corrected chi connectivity index (χ0v) is 10.5. The van der Waals surface area contributed by atoms with Gasteiger partial charge in [0.2, 0.25) is 0 Å². The molecule has 1 rings (SSSR count). The summed E-state index contributed by atoms with van der Waals surface area (Å²) in [6.07, 6.45) is 2.11. The molecule has 0 aliphatic heterocycles. The predicted molar refractivity (Wildman–Crippen MR) is 68.6 cm³/mol. The van der Waals surface area contributed by atoms with Gasteiger partial charge in [0.05, 0.1) is 6.61 Å². The number of rotatable bonds is 6. The summed E-state index contributed by atoms with van der Waals surface area (Å²) in [4.78, 5) is 0. The maximum atomic E-state index is 9.02. The van der Waals surface area contributed by atoms with E-state index in [1.54, 1.807) is 0 Å². The molecule has 1 unspecified atom stereocenters. The van der Waals surface area contributed by atoms with Crippen molar-refractivity contribution in [3.63, 3.8) is 0 Å². The molecule has 0 saturated heterocycles. The number of aliphatic hydroxyl groups is 1. The Morgan fingerprint density at radius 3 is 2.38 bits per heavy atom. The molecule has 0 aromatic heterocycles. The minimum atomic E-state index is 0.176. The summed E-state index contributed by atoms with van der Waals surface area (Å²) in [6, 6.07) is 9.29. The van der Waals surface area contributed by atoms with Crippen molar-refractivity contribution in [1.82, 2.24) is 5.32 Å². The lowest BCUT2D eigenvalue weighted by molar-refractivity contribution is 0.239. The van der Waals surface area contributed by atoms with Crippen LogP contribution in [0.2, 0.25) is 0 Å². The van der Waals surface area contributed by atoms with Crippen LogP contribution in [0.1, 0.15) is 31.4 Å². The Morgan fingerprint density at radius 1 is 1.25 bits per heavy atom. The topological polar surface area (TPSA) is 32.3 Å². The molecule has 1 aromatic rings. The molecule has 1 aromatic carbocycles. The summed E-state index contributed by atoms with van der Waals surface area (Å²) < 4.78 is 0. The van der Waals surface area contributed by atoms with Gasteiger partial charge >= 0.3 is 0 Å². The zero-order valence-electron chi connectivity index (χ0n) is 10.5. The van der Waals surface area contributed by atoms with E-state index in [-0.39, 0.29) is 12.6 Å². The van der Waals surface area contributed by atoms with Crippen molar-refractivity contribution in [3.05, 3.63) is 35.4 Å². The van der Waals surface area contributed by atoms with Gasteiger partial charge in [0.1, 0.15) is 0 Å². The molecule has 0 fully saturated rings. The third-order valence-electron chi connectivity index (χ3n) is 2.89. The Hall–Kier alpha value is -0.860. The lowest BCUT2D eigenvalue weighted by Crippen LogP contribution is -2.39. The highest BCUT2D eigenvalue weighted by atomic mass is 16.3. The fourth-order valence-electron chi connectivity index (χ4n) is 1.78. The van der Waals surface area contributed by atoms with Crippen LogP contribution in [0.3, 0.4) is 0 Å². The maximum Gasteiger partial charge on any atom is 0.0582 e. The molecule has 0 heterocycles. The first-order valence-electron chi connectivity index (χ1n) is 6.08. The standard InChI is InChI=1S/C14H23NO/c1-4-14(15-12(3)10-16)9-13-7-5-11(2)6-8-13/h5-8,12,14-16H,4,9-10H2,1-3H3/t12-,14?/m0/s1. The molecular weight excluding hydrogens is 198 g/mol. The van der Waals surface area contributed by atoms with Gasteiger partial charge in [0, 0.05) is 12.1 Å². The van der Waals surface area contributed by atoms with Crippen LogP contribution in [0.25, 0.3) is 0 Å². The van der Waals surface area contributed by atoms with Crippen molar-refractivity contribution in [2.24, 2.45) is 0 Å². The van der Waals surface area contributed by atoms with Gasteiger partial charge in [-0.15, -0.1) is 0 Å². The van der Waals surface area contributed by atoms with Gasteiger partial charge in [0.25, 0.3) is 0 Å². The summed E-state index contributed by atoms with van der Waals surface area (Å²) >= 11 is 0. The highest BCUT2D eigenvalue weighted by Crippen LogP contribution is 2.08. The second-order valence-corrected chi connectivity index (χ2v) is 4.55. The van der Waals surface area contributed by atoms with Gasteiger partial charge < -0.3 is 10.4 Å². The third-order valence-corrected chi connectivity index (χ3v) is 2.89. The van der Waals surface area contributed by atoms with Crippen LogP contribution in [0, 0.1) is 6.92 Å². The van der Waals surface area contributed by atoms with Crippen molar-refractivity contribution >= 4 is 0 Å². The largest absolute Gasteiger partial charge is 0.395 e. The summed E-state index contributed by atoms with van der Waals surface area (Å²) in [5.41, 5.74) is 2.66. The van der Waals surface area contributed by atoms with Crippen LogP contribution in [0.4, 0.5) is 0 Å². The fourth-order valence-corrected chi connectivity index (χ4v) is 1.78. The van der Waals surface area contributed by atoms with E-state index in [4.69, 9.17) is 5.11 Å². The SMILES string of the molecule is CCC(Cc1ccc(C)cc1)N[C@@H](C)CO. The number of nitrogens with one attached hydrogen (secondary N) is 1. The lowest BCUT2D eigenvalue weighted by atomic mass is 10.0. The number of benzene rings is 1. The molecule has 90 valence electrons. The number of aryl methyl sites for hydroxylation is 1. The average Bonchev–Trinajstić information content (AvgIpc) is 2.30. The quantitative estimate of drug-likeness (QED) is 0.772. The molecule has 0 radical (unpaired) electrons. The molecule has 2 N–H and O–H groups in total. The van der Waals surface area contributed by atoms with Gasteiger partial charge in [-0.3, -0.25) is 0 Å². The Balaban J connectivity index is 2.52. The van der Waals surface area contributed by atoms with Gasteiger partial charge in [-0.2, -0.15) is 0 Å². The molecule has 0 saturated carbocycles. The minimum absolute atomic E-state index is 0.176. The molecule has 0 spiro atoms. The van der Waals surface area contributed by atoms with Crippen molar-refractivity contribution in [2.75, 3.05) is 6.61 Å². The van der Waals surface area contributed by atoms with E-state index >= 15 is 0 Å². The van der Waals surface area contributed by atoms with Crippen LogP contribution in [-0.4, -0.2) is 23.8 Å². The van der Waals surface area contributed by atoms with Gasteiger partial charge in [-0.1, -0.05) is 36.8 Å². The number of hydrogen-bond donors (Lipinski definition) is 2. The Labute approximate surface area is 98.7 Å². The zero-order chi connectivity index (χ0) is 12.0. The van der Waals surface area contributed by atoms with Gasteiger partial charge in [0.15, 0.2) is 0 Å². The Bertz CT molecular complexity index is 294. The summed E-state index contributed by atoms with van der Waals surface area (Å²) in [5, 5.41) is 12.4. The van der Waals surface area contributed by atoms with Gasteiger partial charge in [-0.05, 0) is 32.3 Å². The molecule has 2 atom stereocenters. The first-order chi connectivity index (χ1) is 7.65. The van der Waals surface area contributed by atoms with Crippen LogP contribution < -0.4 is 5.32 Å². The molecule has 0 amide bonds. The van der Waals surface area contributed by atoms with Crippen LogP contribution in [0.15, 0.2) is 24.3 Å². The predicted octanol–water partition coefficient (Wildman–Crippen LogP) is 2.29. The lowest BCUT2D eigenvalue weighted by Gasteiger charge is -2.21. The van der Waals surface area contributed by atoms with Gasteiger partial charge in [-0.25, -0.2) is 0 Å². The molecule has 2 nitrogen and oxygen atoms in total. The van der Waals surface area contributed by atoms with Crippen molar-refractivity contribution in [1.29, 1.82) is 0 Å². The normalized spacial score (nSPS) is 14.8. The van der Waals surface area contributed by atoms with E-state index in [2.05, 4.69) is 43.4 Å². The Kier molecular flexibility index (Phi) is 5.50. The second-order valence-electron chi connectivity index (χ2n) is 4.55. The molecule has 0 aliphatic carbocycles. The van der Waals surface area contributed by atoms with Crippen LogP contribution >= 0.6 is 0 Å². The highest BCUT2D eigenvalue weighted by Gasteiger charge is 2.09. The smallest absolute Gasteiger partial charge is 0.0582 e. The molecule has 16 heavy (non-hydrogen) atoms. The summed E-state index contributed by atoms with van der Waals surface area (Å²) in [7, 11) is 0. The van der Waals surface area contributed by atoms with E-state index in [1.165, 1.54) is 11.1 Å². The second kappa shape index (κ2) is 6.66. The molecule has 0 aliphatic rings. The maximum absolute atomic E-state index is 9.02. The van der Waals surface area contributed by atoms with Crippen molar-refractivity contribution < 1.29 is 5.11 Å². The molecule has 2 heteroatoms.